The Hall–Kier alpha value is -3.45. The van der Waals surface area contributed by atoms with Gasteiger partial charge in [0, 0.05) is 48.3 Å². The minimum atomic E-state index is 0.109. The third kappa shape index (κ3) is 4.29. The van der Waals surface area contributed by atoms with Crippen LogP contribution in [0, 0.1) is 13.8 Å². The zero-order valence-corrected chi connectivity index (χ0v) is 19.0. The van der Waals surface area contributed by atoms with E-state index in [1.807, 2.05) is 48.2 Å². The quantitative estimate of drug-likeness (QED) is 0.480. The summed E-state index contributed by atoms with van der Waals surface area (Å²) < 4.78 is 1.15. The van der Waals surface area contributed by atoms with Crippen molar-refractivity contribution in [2.24, 2.45) is 0 Å². The lowest BCUT2D eigenvalue weighted by atomic mass is 10.2. The zero-order chi connectivity index (χ0) is 22.1. The molecule has 0 radical (unpaired) electrons. The summed E-state index contributed by atoms with van der Waals surface area (Å²) in [7, 11) is 0. The number of hydrogen-bond acceptors (Lipinski definition) is 6. The van der Waals surface area contributed by atoms with Gasteiger partial charge in [-0.25, -0.2) is 4.98 Å². The third-order valence-corrected chi connectivity index (χ3v) is 6.76. The number of carbonyl (C=O) groups is 1. The van der Waals surface area contributed by atoms with Crippen LogP contribution < -0.4 is 10.2 Å². The first-order valence-electron chi connectivity index (χ1n) is 10.8. The van der Waals surface area contributed by atoms with Crippen molar-refractivity contribution in [1.29, 1.82) is 0 Å². The Labute approximate surface area is 191 Å². The van der Waals surface area contributed by atoms with Crippen LogP contribution in [0.25, 0.3) is 10.1 Å². The summed E-state index contributed by atoms with van der Waals surface area (Å²) in [4.78, 5) is 27.3. The highest BCUT2D eigenvalue weighted by Gasteiger charge is 2.25. The number of nitrogens with one attached hydrogen (secondary N) is 1. The number of thiophene rings is 1. The van der Waals surface area contributed by atoms with E-state index in [0.717, 1.165) is 32.2 Å². The monoisotopic (exact) mass is 443 g/mol. The van der Waals surface area contributed by atoms with Crippen molar-refractivity contribution < 1.29 is 4.79 Å². The fourth-order valence-corrected chi connectivity index (χ4v) is 4.93. The Morgan fingerprint density at radius 1 is 0.938 bits per heavy atom. The minimum absolute atomic E-state index is 0.109. The van der Waals surface area contributed by atoms with Gasteiger partial charge in [0.25, 0.3) is 5.91 Å². The molecule has 2 aromatic heterocycles. The molecule has 1 aliphatic heterocycles. The first-order chi connectivity index (χ1) is 15.5. The lowest BCUT2D eigenvalue weighted by molar-refractivity contribution is 0.0751. The molecule has 2 aromatic carbocycles. The summed E-state index contributed by atoms with van der Waals surface area (Å²) in [6.45, 7) is 6.79. The van der Waals surface area contributed by atoms with Gasteiger partial charge in [0.1, 0.15) is 5.82 Å². The van der Waals surface area contributed by atoms with Crippen molar-refractivity contribution >= 4 is 44.8 Å². The van der Waals surface area contributed by atoms with Crippen LogP contribution in [0.3, 0.4) is 0 Å². The molecule has 0 bridgehead atoms. The van der Waals surface area contributed by atoms with Crippen molar-refractivity contribution in [3.63, 3.8) is 0 Å². The van der Waals surface area contributed by atoms with Crippen LogP contribution in [0.5, 0.6) is 0 Å². The first kappa shape index (κ1) is 20.5. The zero-order valence-electron chi connectivity index (χ0n) is 18.2. The Kier molecular flexibility index (Phi) is 5.49. The number of anilines is 3. The van der Waals surface area contributed by atoms with Gasteiger partial charge < -0.3 is 15.1 Å². The molecule has 32 heavy (non-hydrogen) atoms. The van der Waals surface area contributed by atoms with E-state index in [0.29, 0.717) is 32.1 Å². The Balaban J connectivity index is 1.27. The fourth-order valence-electron chi connectivity index (χ4n) is 3.90. The summed E-state index contributed by atoms with van der Waals surface area (Å²) >= 11 is 1.56. The number of aromatic nitrogens is 2. The Morgan fingerprint density at radius 2 is 1.69 bits per heavy atom. The highest BCUT2D eigenvalue weighted by molar-refractivity contribution is 7.20. The Bertz CT molecular complexity index is 1230. The molecule has 5 rings (SSSR count). The molecular weight excluding hydrogens is 418 g/mol. The largest absolute Gasteiger partial charge is 0.340 e. The molecule has 0 unspecified atom stereocenters. The Morgan fingerprint density at radius 3 is 2.44 bits per heavy atom. The van der Waals surface area contributed by atoms with Gasteiger partial charge in [0.15, 0.2) is 0 Å². The summed E-state index contributed by atoms with van der Waals surface area (Å²) in [5.74, 6) is 1.59. The topological polar surface area (TPSA) is 61.4 Å². The average Bonchev–Trinajstić information content (AvgIpc) is 3.24. The van der Waals surface area contributed by atoms with Gasteiger partial charge in [0.05, 0.1) is 4.88 Å². The summed E-state index contributed by atoms with van der Waals surface area (Å²) in [5.41, 5.74) is 3.13. The number of piperazine rings is 1. The lowest BCUT2D eigenvalue weighted by Gasteiger charge is -2.34. The minimum Gasteiger partial charge on any atom is -0.340 e. The molecule has 0 spiro atoms. The van der Waals surface area contributed by atoms with Crippen LogP contribution in [-0.2, 0) is 0 Å². The van der Waals surface area contributed by atoms with E-state index in [9.17, 15) is 4.79 Å². The molecule has 162 valence electrons. The molecular formula is C25H25N5OS. The summed E-state index contributed by atoms with van der Waals surface area (Å²) in [6, 6.07) is 20.3. The molecule has 0 atom stereocenters. The fraction of sp³-hybridized carbons (Fsp3) is 0.240. The average molecular weight is 444 g/mol. The van der Waals surface area contributed by atoms with Crippen molar-refractivity contribution in [3.05, 3.63) is 76.8 Å². The molecule has 1 amide bonds. The van der Waals surface area contributed by atoms with Crippen LogP contribution in [0.4, 0.5) is 17.5 Å². The number of fused-ring (bicyclic) bond motifs is 1. The molecule has 0 saturated carbocycles. The third-order valence-electron chi connectivity index (χ3n) is 5.65. The molecule has 1 fully saturated rings. The number of hydrogen-bond donors (Lipinski definition) is 1. The van der Waals surface area contributed by atoms with Crippen molar-refractivity contribution in [1.82, 2.24) is 14.9 Å². The molecule has 1 N–H and O–H groups in total. The van der Waals surface area contributed by atoms with Crippen LogP contribution in [0.1, 0.15) is 20.9 Å². The second kappa shape index (κ2) is 8.59. The number of benzene rings is 2. The van der Waals surface area contributed by atoms with Gasteiger partial charge in [-0.15, -0.1) is 11.3 Å². The lowest BCUT2D eigenvalue weighted by Crippen LogP contribution is -2.49. The van der Waals surface area contributed by atoms with Crippen molar-refractivity contribution in [2.75, 3.05) is 36.4 Å². The van der Waals surface area contributed by atoms with E-state index in [1.54, 1.807) is 11.3 Å². The first-order valence-corrected chi connectivity index (χ1v) is 11.6. The van der Waals surface area contributed by atoms with Crippen LogP contribution in [-0.4, -0.2) is 47.0 Å². The van der Waals surface area contributed by atoms with Crippen LogP contribution in [0.2, 0.25) is 0 Å². The number of nitrogens with zero attached hydrogens (tertiary/aromatic N) is 4. The maximum atomic E-state index is 13.0. The second-order valence-electron chi connectivity index (χ2n) is 8.11. The highest BCUT2D eigenvalue weighted by atomic mass is 32.1. The van der Waals surface area contributed by atoms with Crippen molar-refractivity contribution in [2.45, 2.75) is 13.8 Å². The van der Waals surface area contributed by atoms with Gasteiger partial charge in [-0.3, -0.25) is 4.79 Å². The summed E-state index contributed by atoms with van der Waals surface area (Å²) in [6.07, 6.45) is 0. The van der Waals surface area contributed by atoms with Crippen LogP contribution in [0.15, 0.2) is 60.7 Å². The summed E-state index contributed by atoms with van der Waals surface area (Å²) in [5, 5.41) is 4.50. The highest BCUT2D eigenvalue weighted by Crippen LogP contribution is 2.27. The van der Waals surface area contributed by atoms with Crippen molar-refractivity contribution in [3.8, 4) is 0 Å². The molecule has 1 saturated heterocycles. The number of amides is 1. The molecule has 3 heterocycles. The number of aryl methyl sites for hydroxylation is 2. The normalized spacial score (nSPS) is 14.1. The van der Waals surface area contributed by atoms with E-state index in [1.165, 1.54) is 5.56 Å². The van der Waals surface area contributed by atoms with Gasteiger partial charge >= 0.3 is 0 Å². The van der Waals surface area contributed by atoms with Crippen LogP contribution >= 0.6 is 11.3 Å². The van der Waals surface area contributed by atoms with Gasteiger partial charge in [-0.1, -0.05) is 35.9 Å². The molecule has 1 aliphatic rings. The molecule has 0 aliphatic carbocycles. The second-order valence-corrected chi connectivity index (χ2v) is 9.20. The van der Waals surface area contributed by atoms with E-state index >= 15 is 0 Å². The van der Waals surface area contributed by atoms with Gasteiger partial charge in [0.2, 0.25) is 5.95 Å². The maximum Gasteiger partial charge on any atom is 0.264 e. The van der Waals surface area contributed by atoms with E-state index in [4.69, 9.17) is 4.98 Å². The molecule has 4 aromatic rings. The van der Waals surface area contributed by atoms with E-state index in [-0.39, 0.29) is 5.91 Å². The SMILES string of the molecule is Cc1ccc(Nc2cc(C)nc(N3CCN(C(=O)c4cc5ccccc5s4)CC3)n2)cc1. The molecule has 6 nitrogen and oxygen atoms in total. The van der Waals surface area contributed by atoms with E-state index < -0.39 is 0 Å². The number of carbonyl (C=O) groups excluding carboxylic acids is 1. The molecule has 7 heteroatoms. The number of rotatable bonds is 4. The van der Waals surface area contributed by atoms with Gasteiger partial charge in [-0.05, 0) is 43.5 Å². The predicted molar refractivity (Wildman–Crippen MR) is 131 cm³/mol. The van der Waals surface area contributed by atoms with E-state index in [2.05, 4.69) is 46.4 Å². The predicted octanol–water partition coefficient (Wildman–Crippen LogP) is 5.01. The smallest absolute Gasteiger partial charge is 0.264 e. The maximum absolute atomic E-state index is 13.0. The van der Waals surface area contributed by atoms with Gasteiger partial charge in [-0.2, -0.15) is 4.98 Å². The standard InChI is InChI=1S/C25H25N5OS/c1-17-7-9-20(10-8-17)27-23-15-18(2)26-25(28-23)30-13-11-29(12-14-30)24(31)22-16-19-5-3-4-6-21(19)32-22/h3-10,15-16H,11-14H2,1-2H3,(H,26,27,28).